The first-order chi connectivity index (χ1) is 7.58. The maximum atomic E-state index is 13.2. The number of allylic oxidation sites excluding steroid dienone is 3. The molecule has 1 aromatic carbocycles. The van der Waals surface area contributed by atoms with Crippen molar-refractivity contribution in [3.05, 3.63) is 60.7 Å². The molecule has 0 heterocycles. The summed E-state index contributed by atoms with van der Waals surface area (Å²) in [6, 6.07) is 5.11. The van der Waals surface area contributed by atoms with Gasteiger partial charge in [0.15, 0.2) is 11.6 Å². The highest BCUT2D eigenvalue weighted by Gasteiger charge is 2.04. The predicted molar refractivity (Wildman–Crippen MR) is 64.7 cm³/mol. The first-order valence-electron chi connectivity index (χ1n) is 4.77. The van der Waals surface area contributed by atoms with Crippen molar-refractivity contribution in [1.82, 2.24) is 0 Å². The van der Waals surface area contributed by atoms with Crippen LogP contribution in [-0.2, 0) is 0 Å². The first kappa shape index (κ1) is 12.0. The van der Waals surface area contributed by atoms with Gasteiger partial charge in [0.1, 0.15) is 5.75 Å². The van der Waals surface area contributed by atoms with Crippen LogP contribution in [0.4, 0.5) is 10.1 Å². The lowest BCUT2D eigenvalue weighted by Gasteiger charge is -2.08. The van der Waals surface area contributed by atoms with Crippen LogP contribution < -0.4 is 10.5 Å². The molecule has 1 aromatic rings. The van der Waals surface area contributed by atoms with Crippen LogP contribution in [0, 0.1) is 6.92 Å². The Labute approximate surface area is 94.5 Å². The summed E-state index contributed by atoms with van der Waals surface area (Å²) in [5, 5.41) is 0. The maximum Gasteiger partial charge on any atom is 0.165 e. The van der Waals surface area contributed by atoms with Crippen molar-refractivity contribution in [2.75, 3.05) is 5.73 Å². The third-order valence-electron chi connectivity index (χ3n) is 2.07. The van der Waals surface area contributed by atoms with Gasteiger partial charge in [-0.15, -0.1) is 0 Å². The van der Waals surface area contributed by atoms with E-state index in [1.165, 1.54) is 6.08 Å². The largest absolute Gasteiger partial charge is 0.454 e. The zero-order valence-electron chi connectivity index (χ0n) is 9.16. The number of nitrogens with two attached hydrogens (primary N) is 1. The summed E-state index contributed by atoms with van der Waals surface area (Å²) in [4.78, 5) is 0. The second-order valence-corrected chi connectivity index (χ2v) is 3.24. The lowest BCUT2D eigenvalue weighted by molar-refractivity contribution is 0.419. The Hall–Kier alpha value is -2.03. The van der Waals surface area contributed by atoms with Gasteiger partial charge < -0.3 is 10.5 Å². The molecule has 1 rings (SSSR count). The Morgan fingerprint density at radius 3 is 2.56 bits per heavy atom. The van der Waals surface area contributed by atoms with Gasteiger partial charge in [0.2, 0.25) is 0 Å². The molecular weight excluding hydrogens is 205 g/mol. The van der Waals surface area contributed by atoms with Gasteiger partial charge in [-0.25, -0.2) is 4.39 Å². The van der Waals surface area contributed by atoms with Crippen molar-refractivity contribution in [1.29, 1.82) is 0 Å². The monoisotopic (exact) mass is 219 g/mol. The van der Waals surface area contributed by atoms with E-state index in [4.69, 9.17) is 10.5 Å². The molecular formula is C13H14FNO. The summed E-state index contributed by atoms with van der Waals surface area (Å²) in [7, 11) is 0. The molecule has 0 radical (unpaired) electrons. The fourth-order valence-electron chi connectivity index (χ4n) is 1.13. The molecule has 0 fully saturated rings. The molecule has 16 heavy (non-hydrogen) atoms. The van der Waals surface area contributed by atoms with Crippen LogP contribution in [0.5, 0.6) is 5.75 Å². The number of halogens is 1. The van der Waals surface area contributed by atoms with Gasteiger partial charge in [0, 0.05) is 5.69 Å². The highest BCUT2D eigenvalue weighted by Crippen LogP contribution is 2.22. The number of rotatable bonds is 4. The summed E-state index contributed by atoms with van der Waals surface area (Å²) >= 11 is 0. The van der Waals surface area contributed by atoms with Gasteiger partial charge in [-0.2, -0.15) is 0 Å². The third kappa shape index (κ3) is 2.73. The third-order valence-corrected chi connectivity index (χ3v) is 2.07. The minimum absolute atomic E-state index is 0.0409. The van der Waals surface area contributed by atoms with Crippen LogP contribution in [0.2, 0.25) is 0 Å². The molecule has 0 saturated heterocycles. The van der Waals surface area contributed by atoms with Crippen LogP contribution in [0.15, 0.2) is 55.1 Å². The van der Waals surface area contributed by atoms with Crippen LogP contribution in [0.3, 0.4) is 0 Å². The number of hydrogen-bond donors (Lipinski definition) is 1. The Bertz CT molecular complexity index is 449. The van der Waals surface area contributed by atoms with Gasteiger partial charge in [0.25, 0.3) is 0 Å². The van der Waals surface area contributed by atoms with Crippen molar-refractivity contribution >= 4 is 5.69 Å². The van der Waals surface area contributed by atoms with E-state index in [1.807, 2.05) is 6.92 Å². The van der Waals surface area contributed by atoms with Crippen molar-refractivity contribution < 1.29 is 9.13 Å². The van der Waals surface area contributed by atoms with Gasteiger partial charge >= 0.3 is 0 Å². The van der Waals surface area contributed by atoms with Gasteiger partial charge in [0.05, 0.1) is 0 Å². The molecule has 0 aliphatic heterocycles. The molecule has 0 saturated carbocycles. The Balaban J connectivity index is 3.00. The van der Waals surface area contributed by atoms with Crippen LogP contribution in [0.1, 0.15) is 5.56 Å². The summed E-state index contributed by atoms with van der Waals surface area (Å²) in [5.41, 5.74) is 7.20. The predicted octanol–water partition coefficient (Wildman–Crippen LogP) is 3.51. The topological polar surface area (TPSA) is 35.2 Å². The summed E-state index contributed by atoms with van der Waals surface area (Å²) in [6.07, 6.45) is 2.36. The fraction of sp³-hybridized carbons (Fsp3) is 0.0769. The molecule has 0 aliphatic carbocycles. The van der Waals surface area contributed by atoms with E-state index in [-0.39, 0.29) is 5.76 Å². The van der Waals surface area contributed by atoms with Crippen LogP contribution >= 0.6 is 0 Å². The second kappa shape index (κ2) is 5.16. The molecule has 0 aromatic heterocycles. The Morgan fingerprint density at radius 1 is 1.38 bits per heavy atom. The molecule has 2 N–H and O–H groups in total. The van der Waals surface area contributed by atoms with Gasteiger partial charge in [-0.05, 0) is 42.8 Å². The first-order valence-corrected chi connectivity index (χ1v) is 4.77. The normalized spacial score (nSPS) is 11.6. The van der Waals surface area contributed by atoms with Crippen molar-refractivity contribution in [2.24, 2.45) is 0 Å². The zero-order chi connectivity index (χ0) is 12.1. The molecule has 0 aliphatic rings. The number of anilines is 1. The standard InChI is InChI=1S/C13H14FNO/c1-4-11(14)13(5-2)16-10-6-7-12(15)9(3)8-10/h4-8H,1-2,15H2,3H3/b13-11-. The van der Waals surface area contributed by atoms with E-state index < -0.39 is 5.83 Å². The molecule has 0 atom stereocenters. The number of benzene rings is 1. The van der Waals surface area contributed by atoms with E-state index >= 15 is 0 Å². The van der Waals surface area contributed by atoms with E-state index in [0.29, 0.717) is 11.4 Å². The number of ether oxygens (including phenoxy) is 1. The van der Waals surface area contributed by atoms with E-state index in [1.54, 1.807) is 18.2 Å². The highest BCUT2D eigenvalue weighted by atomic mass is 19.1. The second-order valence-electron chi connectivity index (χ2n) is 3.24. The molecule has 2 nitrogen and oxygen atoms in total. The molecule has 84 valence electrons. The Morgan fingerprint density at radius 2 is 2.06 bits per heavy atom. The summed E-state index contributed by atoms with van der Waals surface area (Å²) in [6.45, 7) is 8.64. The smallest absolute Gasteiger partial charge is 0.165 e. The average molecular weight is 219 g/mol. The summed E-state index contributed by atoms with van der Waals surface area (Å²) < 4.78 is 18.5. The number of hydrogen-bond acceptors (Lipinski definition) is 2. The quantitative estimate of drug-likeness (QED) is 0.478. The highest BCUT2D eigenvalue weighted by molar-refractivity contribution is 5.50. The molecule has 0 unspecified atom stereocenters. The molecule has 0 amide bonds. The van der Waals surface area contributed by atoms with Crippen LogP contribution in [-0.4, -0.2) is 0 Å². The van der Waals surface area contributed by atoms with Crippen molar-refractivity contribution in [3.8, 4) is 5.75 Å². The van der Waals surface area contributed by atoms with Gasteiger partial charge in [-0.3, -0.25) is 0 Å². The minimum Gasteiger partial charge on any atom is -0.454 e. The van der Waals surface area contributed by atoms with E-state index in [9.17, 15) is 4.39 Å². The van der Waals surface area contributed by atoms with Crippen LogP contribution in [0.25, 0.3) is 0 Å². The molecule has 0 bridgehead atoms. The molecule has 0 spiro atoms. The minimum atomic E-state index is -0.551. The lowest BCUT2D eigenvalue weighted by atomic mass is 10.2. The SMILES string of the molecule is C=C/C(F)=C(\C=C)Oc1ccc(N)c(C)c1. The number of aryl methyl sites for hydroxylation is 1. The van der Waals surface area contributed by atoms with Crippen molar-refractivity contribution in [2.45, 2.75) is 6.92 Å². The van der Waals surface area contributed by atoms with E-state index in [2.05, 4.69) is 13.2 Å². The Kier molecular flexibility index (Phi) is 3.89. The van der Waals surface area contributed by atoms with Gasteiger partial charge in [-0.1, -0.05) is 13.2 Å². The maximum absolute atomic E-state index is 13.2. The van der Waals surface area contributed by atoms with E-state index in [0.717, 1.165) is 11.6 Å². The molecule has 3 heteroatoms. The fourth-order valence-corrected chi connectivity index (χ4v) is 1.13. The zero-order valence-corrected chi connectivity index (χ0v) is 9.16. The number of nitrogen functional groups attached to an aromatic ring is 1. The summed E-state index contributed by atoms with van der Waals surface area (Å²) in [5.74, 6) is 0.00208. The lowest BCUT2D eigenvalue weighted by Crippen LogP contribution is -1.96. The van der Waals surface area contributed by atoms with Crippen molar-refractivity contribution in [3.63, 3.8) is 0 Å². The average Bonchev–Trinajstić information content (AvgIpc) is 2.29.